The lowest BCUT2D eigenvalue weighted by molar-refractivity contribution is 0.0573. The lowest BCUT2D eigenvalue weighted by Gasteiger charge is -2.37. The topological polar surface area (TPSA) is 112 Å². The first-order chi connectivity index (χ1) is 16.7. The first-order valence-electron chi connectivity index (χ1n) is 12.0. The Hall–Kier alpha value is -2.22. The lowest BCUT2D eigenvalue weighted by atomic mass is 10.2. The fourth-order valence-electron chi connectivity index (χ4n) is 3.14. The molecule has 0 aliphatic carbocycles. The van der Waals surface area contributed by atoms with Crippen molar-refractivity contribution in [1.29, 1.82) is 0 Å². The molecule has 37 heavy (non-hydrogen) atoms. The molecule has 1 atom stereocenters. The van der Waals surface area contributed by atoms with Gasteiger partial charge in [0.2, 0.25) is 0 Å². The first-order valence-corrected chi connectivity index (χ1v) is 16.7. The molecule has 0 spiro atoms. The van der Waals surface area contributed by atoms with Crippen LogP contribution in [-0.2, 0) is 28.2 Å². The zero-order chi connectivity index (χ0) is 28.4. The Morgan fingerprint density at radius 1 is 1.22 bits per heavy atom. The second-order valence-electron chi connectivity index (χ2n) is 11.5. The van der Waals surface area contributed by atoms with Gasteiger partial charge in [0.25, 0.3) is 10.1 Å². The highest BCUT2D eigenvalue weighted by Gasteiger charge is 2.38. The fraction of sp³-hybridized carbons (Fsp3) is 0.667. The summed E-state index contributed by atoms with van der Waals surface area (Å²) >= 11 is 0. The third kappa shape index (κ3) is 8.94. The number of carbonyl (C=O) groups excluding carboxylic acids is 2. The minimum Gasteiger partial charge on any atom is -0.443 e. The smallest absolute Gasteiger partial charge is 0.414 e. The second-order valence-corrected chi connectivity index (χ2v) is 17.9. The Morgan fingerprint density at radius 2 is 1.84 bits per heavy atom. The highest BCUT2D eigenvalue weighted by molar-refractivity contribution is 7.85. The van der Waals surface area contributed by atoms with Crippen molar-refractivity contribution >= 4 is 42.0 Å². The van der Waals surface area contributed by atoms with E-state index < -0.39 is 48.1 Å². The SMILES string of the molecule is CC(C)(C)OC(=O)N(CCO[Si](C)(C)C(C)(C)C)c1ccc(N2C[C@H](COS(C)(=O)=O)OC2=O)cc1F. The van der Waals surface area contributed by atoms with Gasteiger partial charge in [-0.25, -0.2) is 14.0 Å². The lowest BCUT2D eigenvalue weighted by Crippen LogP contribution is -2.44. The van der Waals surface area contributed by atoms with Crippen molar-refractivity contribution in [2.75, 3.05) is 42.4 Å². The molecule has 1 saturated heterocycles. The molecule has 2 rings (SSSR count). The average Bonchev–Trinajstić information content (AvgIpc) is 3.08. The van der Waals surface area contributed by atoms with E-state index in [-0.39, 0.29) is 42.7 Å². The van der Waals surface area contributed by atoms with Gasteiger partial charge in [-0.3, -0.25) is 14.0 Å². The monoisotopic (exact) mass is 562 g/mol. The molecule has 1 heterocycles. The second kappa shape index (κ2) is 11.3. The number of halogens is 1. The molecule has 0 radical (unpaired) electrons. The molecule has 0 bridgehead atoms. The molecule has 10 nitrogen and oxygen atoms in total. The van der Waals surface area contributed by atoms with Crippen LogP contribution in [0.5, 0.6) is 0 Å². The molecule has 1 aromatic carbocycles. The number of amides is 2. The minimum atomic E-state index is -3.71. The number of ether oxygens (including phenoxy) is 2. The number of hydrogen-bond acceptors (Lipinski definition) is 8. The Bertz CT molecular complexity index is 1100. The maximum Gasteiger partial charge on any atom is 0.414 e. The highest BCUT2D eigenvalue weighted by atomic mass is 32.2. The molecule has 0 N–H and O–H groups in total. The molecule has 210 valence electrons. The van der Waals surface area contributed by atoms with Gasteiger partial charge in [0, 0.05) is 0 Å². The molecule has 0 aromatic heterocycles. The molecule has 1 aliphatic heterocycles. The van der Waals surface area contributed by atoms with Gasteiger partial charge in [-0.1, -0.05) is 20.8 Å². The zero-order valence-electron chi connectivity index (χ0n) is 23.1. The molecule has 0 saturated carbocycles. The summed E-state index contributed by atoms with van der Waals surface area (Å²) in [5.74, 6) is -0.751. The van der Waals surface area contributed by atoms with E-state index in [4.69, 9.17) is 18.1 Å². The van der Waals surface area contributed by atoms with E-state index in [1.165, 1.54) is 21.9 Å². The van der Waals surface area contributed by atoms with Crippen molar-refractivity contribution in [2.45, 2.75) is 71.4 Å². The summed E-state index contributed by atoms with van der Waals surface area (Å²) < 4.78 is 59.3. The number of anilines is 2. The summed E-state index contributed by atoms with van der Waals surface area (Å²) in [6.45, 7) is 15.5. The van der Waals surface area contributed by atoms with E-state index in [0.29, 0.717) is 0 Å². The molecule has 1 fully saturated rings. The van der Waals surface area contributed by atoms with Crippen LogP contribution in [0.1, 0.15) is 41.5 Å². The van der Waals surface area contributed by atoms with Gasteiger partial charge in [0.1, 0.15) is 24.1 Å². The molecular weight excluding hydrogens is 523 g/mol. The van der Waals surface area contributed by atoms with Crippen molar-refractivity contribution in [3.63, 3.8) is 0 Å². The summed E-state index contributed by atoms with van der Waals surface area (Å²) in [5, 5.41) is -0.0365. The fourth-order valence-corrected chi connectivity index (χ4v) is 4.57. The van der Waals surface area contributed by atoms with Crippen LogP contribution >= 0.6 is 0 Å². The van der Waals surface area contributed by atoms with Crippen molar-refractivity contribution in [1.82, 2.24) is 0 Å². The quantitative estimate of drug-likeness (QED) is 0.309. The Morgan fingerprint density at radius 3 is 2.35 bits per heavy atom. The van der Waals surface area contributed by atoms with Gasteiger partial charge in [-0.15, -0.1) is 0 Å². The highest BCUT2D eigenvalue weighted by Crippen LogP contribution is 2.36. The molecular formula is C24H39FN2O8SSi. The number of benzene rings is 1. The standard InChI is InChI=1S/C24H39FN2O8SSi/c1-23(2,3)35-22(29)26(12-13-33-37(8,9)24(4,5)6)20-11-10-17(14-19(20)25)27-15-18(34-21(27)28)16-32-36(7,30)31/h10-11,14,18H,12-13,15-16H2,1-9H3/t18-/m1/s1. The van der Waals surface area contributed by atoms with E-state index in [0.717, 1.165) is 12.3 Å². The van der Waals surface area contributed by atoms with Gasteiger partial charge in [0.15, 0.2) is 8.32 Å². The Labute approximate surface area is 220 Å². The van der Waals surface area contributed by atoms with Crippen LogP contribution in [0.25, 0.3) is 0 Å². The zero-order valence-corrected chi connectivity index (χ0v) is 24.9. The van der Waals surface area contributed by atoms with Crippen molar-refractivity contribution in [3.05, 3.63) is 24.0 Å². The first kappa shape index (κ1) is 31.0. The van der Waals surface area contributed by atoms with Crippen molar-refractivity contribution < 1.29 is 40.5 Å². The van der Waals surface area contributed by atoms with Crippen LogP contribution in [0.15, 0.2) is 18.2 Å². The molecule has 0 unspecified atom stereocenters. The van der Waals surface area contributed by atoms with E-state index >= 15 is 4.39 Å². The predicted molar refractivity (Wildman–Crippen MR) is 142 cm³/mol. The Kier molecular flexibility index (Phi) is 9.43. The average molecular weight is 563 g/mol. The number of nitrogens with zero attached hydrogens (tertiary/aromatic N) is 2. The van der Waals surface area contributed by atoms with Crippen LogP contribution in [-0.4, -0.2) is 73.2 Å². The largest absolute Gasteiger partial charge is 0.443 e. The van der Waals surface area contributed by atoms with Gasteiger partial charge >= 0.3 is 12.2 Å². The third-order valence-corrected chi connectivity index (χ3v) is 11.2. The van der Waals surface area contributed by atoms with Crippen LogP contribution < -0.4 is 9.80 Å². The number of cyclic esters (lactones) is 1. The molecule has 13 heteroatoms. The van der Waals surface area contributed by atoms with Crippen LogP contribution in [0.3, 0.4) is 0 Å². The Balaban J connectivity index is 2.24. The van der Waals surface area contributed by atoms with E-state index in [2.05, 4.69) is 33.9 Å². The van der Waals surface area contributed by atoms with E-state index in [1.54, 1.807) is 20.8 Å². The third-order valence-electron chi connectivity index (χ3n) is 6.07. The maximum absolute atomic E-state index is 15.4. The van der Waals surface area contributed by atoms with E-state index in [1.807, 2.05) is 0 Å². The van der Waals surface area contributed by atoms with Gasteiger partial charge < -0.3 is 13.9 Å². The molecule has 1 aromatic rings. The van der Waals surface area contributed by atoms with Gasteiger partial charge in [0.05, 0.1) is 37.3 Å². The summed E-state index contributed by atoms with van der Waals surface area (Å²) in [7, 11) is -5.81. The van der Waals surface area contributed by atoms with Crippen molar-refractivity contribution in [3.8, 4) is 0 Å². The van der Waals surface area contributed by atoms with Gasteiger partial charge in [-0.2, -0.15) is 8.42 Å². The summed E-state index contributed by atoms with van der Waals surface area (Å²) in [6, 6.07) is 3.97. The van der Waals surface area contributed by atoms with Gasteiger partial charge in [-0.05, 0) is 57.1 Å². The number of hydrogen-bond donors (Lipinski definition) is 0. The summed E-state index contributed by atoms with van der Waals surface area (Å²) in [5.41, 5.74) is -0.634. The van der Waals surface area contributed by atoms with Crippen LogP contribution in [0.4, 0.5) is 25.4 Å². The number of rotatable bonds is 9. The summed E-state index contributed by atoms with van der Waals surface area (Å²) in [6.07, 6.45) is -1.43. The van der Waals surface area contributed by atoms with E-state index in [9.17, 15) is 18.0 Å². The minimum absolute atomic E-state index is 0.0245. The van der Waals surface area contributed by atoms with Crippen LogP contribution in [0.2, 0.25) is 18.1 Å². The summed E-state index contributed by atoms with van der Waals surface area (Å²) in [4.78, 5) is 27.6. The molecule has 1 aliphatic rings. The molecule has 2 amide bonds. The predicted octanol–water partition coefficient (Wildman–Crippen LogP) is 4.89. The number of carbonyl (C=O) groups is 2. The maximum atomic E-state index is 15.4. The van der Waals surface area contributed by atoms with Crippen LogP contribution in [0, 0.1) is 5.82 Å². The van der Waals surface area contributed by atoms with Crippen molar-refractivity contribution in [2.24, 2.45) is 0 Å². The normalized spacial score (nSPS) is 17.1.